The first-order chi connectivity index (χ1) is 13.3. The highest BCUT2D eigenvalue weighted by Gasteiger charge is 2.22. The molecule has 0 bridgehead atoms. The molecule has 2 aromatic rings. The van der Waals surface area contributed by atoms with Crippen LogP contribution < -0.4 is 10.6 Å². The third-order valence-electron chi connectivity index (χ3n) is 4.33. The number of nitro benzene ring substituents is 1. The number of carbonyl (C=O) groups excluding carboxylic acids is 1. The molecule has 0 fully saturated rings. The second kappa shape index (κ2) is 9.85. The highest BCUT2D eigenvalue weighted by molar-refractivity contribution is 5.95. The van der Waals surface area contributed by atoms with Crippen molar-refractivity contribution in [3.63, 3.8) is 0 Å². The zero-order valence-corrected chi connectivity index (χ0v) is 16.5. The van der Waals surface area contributed by atoms with Gasteiger partial charge in [0, 0.05) is 31.8 Å². The van der Waals surface area contributed by atoms with Gasteiger partial charge in [0.05, 0.1) is 11.5 Å². The van der Waals surface area contributed by atoms with Crippen molar-refractivity contribution in [2.45, 2.75) is 20.3 Å². The molecule has 7 heteroatoms. The Morgan fingerprint density at radius 2 is 1.89 bits per heavy atom. The highest BCUT2D eigenvalue weighted by Crippen LogP contribution is 2.26. The van der Waals surface area contributed by atoms with Crippen LogP contribution in [0.4, 0.5) is 11.4 Å². The van der Waals surface area contributed by atoms with Gasteiger partial charge in [-0.25, -0.2) is 0 Å². The van der Waals surface area contributed by atoms with Gasteiger partial charge in [-0.3, -0.25) is 14.9 Å². The third-order valence-corrected chi connectivity index (χ3v) is 4.33. The number of rotatable bonds is 10. The standard InChI is InChI=1S/C21H27N3O4/c1-21(2,14-16-7-5-4-6-8-16)15-23-20(25)17-9-10-18(22-11-12-28-3)19(13-17)24(26)27/h4-10,13,22H,11-12,14-15H2,1-3H3,(H,23,25). The highest BCUT2D eigenvalue weighted by atomic mass is 16.6. The van der Waals surface area contributed by atoms with Gasteiger partial charge in [-0.2, -0.15) is 0 Å². The van der Waals surface area contributed by atoms with Crippen molar-refractivity contribution < 1.29 is 14.5 Å². The first-order valence-corrected chi connectivity index (χ1v) is 9.16. The molecule has 28 heavy (non-hydrogen) atoms. The maximum atomic E-state index is 12.5. The molecule has 7 nitrogen and oxygen atoms in total. The van der Waals surface area contributed by atoms with Gasteiger partial charge < -0.3 is 15.4 Å². The molecule has 2 N–H and O–H groups in total. The second-order valence-electron chi connectivity index (χ2n) is 7.42. The first kappa shape index (κ1) is 21.4. The molecule has 0 aliphatic carbocycles. The summed E-state index contributed by atoms with van der Waals surface area (Å²) in [6.07, 6.45) is 0.816. The van der Waals surface area contributed by atoms with Gasteiger partial charge in [0.25, 0.3) is 11.6 Å². The average Bonchev–Trinajstić information content (AvgIpc) is 2.67. The molecule has 0 atom stereocenters. The van der Waals surface area contributed by atoms with Crippen LogP contribution in [0.25, 0.3) is 0 Å². The van der Waals surface area contributed by atoms with Crippen molar-refractivity contribution in [1.82, 2.24) is 5.32 Å². The summed E-state index contributed by atoms with van der Waals surface area (Å²) in [5.41, 5.74) is 1.55. The van der Waals surface area contributed by atoms with E-state index in [1.807, 2.05) is 18.2 Å². The smallest absolute Gasteiger partial charge is 0.293 e. The van der Waals surface area contributed by atoms with Gasteiger partial charge in [0.1, 0.15) is 5.69 Å². The maximum absolute atomic E-state index is 12.5. The molecule has 0 radical (unpaired) electrons. The summed E-state index contributed by atoms with van der Waals surface area (Å²) in [4.78, 5) is 23.4. The van der Waals surface area contributed by atoms with E-state index < -0.39 is 4.92 Å². The molecule has 150 valence electrons. The SMILES string of the molecule is COCCNc1ccc(C(=O)NCC(C)(C)Cc2ccccc2)cc1[N+](=O)[O-]. The Kier molecular flexibility index (Phi) is 7.52. The Bertz CT molecular complexity index is 807. The minimum Gasteiger partial charge on any atom is -0.383 e. The van der Waals surface area contributed by atoms with Gasteiger partial charge in [-0.05, 0) is 29.5 Å². The lowest BCUT2D eigenvalue weighted by Gasteiger charge is -2.25. The molecule has 0 heterocycles. The van der Waals surface area contributed by atoms with Gasteiger partial charge in [0.15, 0.2) is 0 Å². The van der Waals surface area contributed by atoms with Crippen molar-refractivity contribution in [3.8, 4) is 0 Å². The van der Waals surface area contributed by atoms with Crippen LogP contribution in [0.15, 0.2) is 48.5 Å². The van der Waals surface area contributed by atoms with E-state index in [4.69, 9.17) is 4.74 Å². The van der Waals surface area contributed by atoms with E-state index in [2.05, 4.69) is 36.6 Å². The number of nitrogens with one attached hydrogen (secondary N) is 2. The van der Waals surface area contributed by atoms with Gasteiger partial charge >= 0.3 is 0 Å². The summed E-state index contributed by atoms with van der Waals surface area (Å²) in [7, 11) is 1.56. The zero-order valence-electron chi connectivity index (χ0n) is 16.5. The molecule has 2 rings (SSSR count). The summed E-state index contributed by atoms with van der Waals surface area (Å²) >= 11 is 0. The molecule has 2 aromatic carbocycles. The average molecular weight is 385 g/mol. The molecule has 0 aliphatic heterocycles. The van der Waals surface area contributed by atoms with Crippen LogP contribution in [0.2, 0.25) is 0 Å². The number of nitrogens with zero attached hydrogens (tertiary/aromatic N) is 1. The van der Waals surface area contributed by atoms with Crippen molar-refractivity contribution in [2.75, 3.05) is 32.1 Å². The fourth-order valence-corrected chi connectivity index (χ4v) is 2.89. The van der Waals surface area contributed by atoms with E-state index in [9.17, 15) is 14.9 Å². The Morgan fingerprint density at radius 1 is 1.18 bits per heavy atom. The van der Waals surface area contributed by atoms with E-state index >= 15 is 0 Å². The number of nitro groups is 1. The van der Waals surface area contributed by atoms with E-state index in [1.165, 1.54) is 11.6 Å². The van der Waals surface area contributed by atoms with Gasteiger partial charge in [-0.15, -0.1) is 0 Å². The van der Waals surface area contributed by atoms with E-state index in [0.29, 0.717) is 25.4 Å². The summed E-state index contributed by atoms with van der Waals surface area (Å²) in [6, 6.07) is 14.5. The number of methoxy groups -OCH3 is 1. The number of anilines is 1. The minimum absolute atomic E-state index is 0.132. The van der Waals surface area contributed by atoms with Gasteiger partial charge in [0.2, 0.25) is 0 Å². The summed E-state index contributed by atoms with van der Waals surface area (Å²) in [5.74, 6) is -0.326. The summed E-state index contributed by atoms with van der Waals surface area (Å²) in [5, 5.41) is 17.2. The molecule has 0 spiro atoms. The predicted octanol–water partition coefficient (Wildman–Crippen LogP) is 3.65. The van der Waals surface area contributed by atoms with Crippen LogP contribution in [0.3, 0.4) is 0 Å². The summed E-state index contributed by atoms with van der Waals surface area (Å²) in [6.45, 7) is 5.48. The monoisotopic (exact) mass is 385 g/mol. The Balaban J connectivity index is 2.03. The summed E-state index contributed by atoms with van der Waals surface area (Å²) < 4.78 is 4.94. The Morgan fingerprint density at radius 3 is 2.54 bits per heavy atom. The van der Waals surface area contributed by atoms with Crippen LogP contribution in [-0.2, 0) is 11.2 Å². The van der Waals surface area contributed by atoms with Gasteiger partial charge in [-0.1, -0.05) is 44.2 Å². The Labute approximate surface area is 165 Å². The normalized spacial score (nSPS) is 11.1. The zero-order chi connectivity index (χ0) is 20.6. The third kappa shape index (κ3) is 6.35. The largest absolute Gasteiger partial charge is 0.383 e. The topological polar surface area (TPSA) is 93.5 Å². The number of ether oxygens (including phenoxy) is 1. The van der Waals surface area contributed by atoms with Crippen LogP contribution in [-0.4, -0.2) is 37.6 Å². The molecule has 0 aromatic heterocycles. The second-order valence-corrected chi connectivity index (χ2v) is 7.42. The lowest BCUT2D eigenvalue weighted by atomic mass is 9.85. The molecule has 1 amide bonds. The lowest BCUT2D eigenvalue weighted by molar-refractivity contribution is -0.384. The number of benzene rings is 2. The van der Waals surface area contributed by atoms with Crippen LogP contribution in [0, 0.1) is 15.5 Å². The number of amides is 1. The van der Waals surface area contributed by atoms with E-state index in [-0.39, 0.29) is 22.6 Å². The van der Waals surface area contributed by atoms with Crippen LogP contribution >= 0.6 is 0 Å². The Hall–Kier alpha value is -2.93. The predicted molar refractivity (Wildman–Crippen MR) is 110 cm³/mol. The number of hydrogen-bond acceptors (Lipinski definition) is 5. The lowest BCUT2D eigenvalue weighted by Crippen LogP contribution is -2.35. The number of hydrogen-bond donors (Lipinski definition) is 2. The molecule has 0 saturated heterocycles. The first-order valence-electron chi connectivity index (χ1n) is 9.16. The van der Waals surface area contributed by atoms with E-state index in [0.717, 1.165) is 6.42 Å². The molecule has 0 unspecified atom stereocenters. The fraction of sp³-hybridized carbons (Fsp3) is 0.381. The molecular weight excluding hydrogens is 358 g/mol. The fourth-order valence-electron chi connectivity index (χ4n) is 2.89. The quantitative estimate of drug-likeness (QED) is 0.370. The van der Waals surface area contributed by atoms with Crippen molar-refractivity contribution >= 4 is 17.3 Å². The van der Waals surface area contributed by atoms with Crippen molar-refractivity contribution in [1.29, 1.82) is 0 Å². The van der Waals surface area contributed by atoms with E-state index in [1.54, 1.807) is 19.2 Å². The van der Waals surface area contributed by atoms with Crippen LogP contribution in [0.1, 0.15) is 29.8 Å². The number of carbonyl (C=O) groups is 1. The molecular formula is C21H27N3O4. The van der Waals surface area contributed by atoms with Crippen molar-refractivity contribution in [3.05, 3.63) is 69.8 Å². The molecule has 0 saturated carbocycles. The minimum atomic E-state index is -0.495. The molecule has 0 aliphatic rings. The maximum Gasteiger partial charge on any atom is 0.293 e. The van der Waals surface area contributed by atoms with Crippen LogP contribution in [0.5, 0.6) is 0 Å². The van der Waals surface area contributed by atoms with Crippen molar-refractivity contribution in [2.24, 2.45) is 5.41 Å².